The van der Waals surface area contributed by atoms with Gasteiger partial charge in [-0.1, -0.05) is 31.0 Å². The van der Waals surface area contributed by atoms with Gasteiger partial charge in [-0.2, -0.15) is 4.72 Å². The molecule has 2 N–H and O–H groups in total. The summed E-state index contributed by atoms with van der Waals surface area (Å²) in [4.78, 5) is 11.0. The molecule has 1 aromatic rings. The fourth-order valence-electron chi connectivity index (χ4n) is 1.64. The fourth-order valence-corrected chi connectivity index (χ4v) is 3.37. The maximum atomic E-state index is 12.2. The number of nitrogens with one attached hydrogen (secondary N) is 1. The average molecular weight is 306 g/mol. The van der Waals surface area contributed by atoms with Gasteiger partial charge in [0.2, 0.25) is 10.0 Å². The molecule has 7 heteroatoms. The standard InChI is InChI=1S/C12H16ClNO4S/c1-3-4-10(12(15)16)14-19(17,18)11-7-9(13)6-5-8(11)2/h5-7,10,14H,3-4H2,1-2H3,(H,15,16)/t10-/m0/s1. The molecule has 0 amide bonds. The van der Waals surface area contributed by atoms with Crippen LogP contribution in [-0.2, 0) is 14.8 Å². The van der Waals surface area contributed by atoms with Crippen LogP contribution in [0.1, 0.15) is 25.3 Å². The fraction of sp³-hybridized carbons (Fsp3) is 0.417. The predicted molar refractivity (Wildman–Crippen MR) is 72.8 cm³/mol. The second-order valence-electron chi connectivity index (χ2n) is 4.21. The molecule has 0 aliphatic rings. The van der Waals surface area contributed by atoms with Crippen LogP contribution in [0.4, 0.5) is 0 Å². The van der Waals surface area contributed by atoms with Crippen molar-refractivity contribution in [2.45, 2.75) is 37.6 Å². The molecule has 5 nitrogen and oxygen atoms in total. The summed E-state index contributed by atoms with van der Waals surface area (Å²) in [5.41, 5.74) is 0.512. The molecule has 1 atom stereocenters. The lowest BCUT2D eigenvalue weighted by molar-refractivity contribution is -0.139. The first-order valence-electron chi connectivity index (χ1n) is 5.79. The largest absolute Gasteiger partial charge is 0.480 e. The van der Waals surface area contributed by atoms with E-state index in [1.807, 2.05) is 0 Å². The van der Waals surface area contributed by atoms with E-state index in [0.29, 0.717) is 12.0 Å². The quantitative estimate of drug-likeness (QED) is 0.844. The van der Waals surface area contributed by atoms with Crippen LogP contribution >= 0.6 is 11.6 Å². The first kappa shape index (κ1) is 15.9. The van der Waals surface area contributed by atoms with Crippen molar-refractivity contribution in [3.05, 3.63) is 28.8 Å². The van der Waals surface area contributed by atoms with Crippen LogP contribution in [0.3, 0.4) is 0 Å². The molecule has 1 aromatic carbocycles. The van der Waals surface area contributed by atoms with E-state index in [1.54, 1.807) is 26.0 Å². The Kier molecular flexibility index (Phi) is 5.34. The molecule has 19 heavy (non-hydrogen) atoms. The first-order valence-corrected chi connectivity index (χ1v) is 7.65. The third-order valence-electron chi connectivity index (χ3n) is 2.61. The van der Waals surface area contributed by atoms with E-state index in [4.69, 9.17) is 16.7 Å². The number of benzene rings is 1. The highest BCUT2D eigenvalue weighted by atomic mass is 35.5. The van der Waals surface area contributed by atoms with E-state index in [1.165, 1.54) is 6.07 Å². The van der Waals surface area contributed by atoms with Gasteiger partial charge in [-0.15, -0.1) is 0 Å². The van der Waals surface area contributed by atoms with Gasteiger partial charge in [0.15, 0.2) is 0 Å². The molecule has 0 heterocycles. The smallest absolute Gasteiger partial charge is 0.321 e. The highest BCUT2D eigenvalue weighted by molar-refractivity contribution is 7.89. The third-order valence-corrected chi connectivity index (χ3v) is 4.46. The Bertz CT molecular complexity index is 571. The van der Waals surface area contributed by atoms with Crippen molar-refractivity contribution >= 4 is 27.6 Å². The van der Waals surface area contributed by atoms with E-state index >= 15 is 0 Å². The maximum Gasteiger partial charge on any atom is 0.321 e. The maximum absolute atomic E-state index is 12.2. The predicted octanol–water partition coefficient (Wildman–Crippen LogP) is 2.18. The summed E-state index contributed by atoms with van der Waals surface area (Å²) in [6, 6.07) is 3.33. The number of carboxylic acids is 1. The number of aliphatic carboxylic acids is 1. The number of carboxylic acid groups (broad SMARTS) is 1. The van der Waals surface area contributed by atoms with Crippen LogP contribution < -0.4 is 4.72 Å². The van der Waals surface area contributed by atoms with Crippen molar-refractivity contribution in [1.29, 1.82) is 0 Å². The minimum absolute atomic E-state index is 0.00218. The topological polar surface area (TPSA) is 83.5 Å². The number of carbonyl (C=O) groups is 1. The Labute approximate surface area is 117 Å². The normalized spacial score (nSPS) is 13.2. The van der Waals surface area contributed by atoms with Crippen LogP contribution in [0, 0.1) is 6.92 Å². The van der Waals surface area contributed by atoms with Crippen molar-refractivity contribution in [1.82, 2.24) is 4.72 Å². The monoisotopic (exact) mass is 305 g/mol. The molecule has 0 bridgehead atoms. The lowest BCUT2D eigenvalue weighted by Gasteiger charge is -2.15. The van der Waals surface area contributed by atoms with Crippen LogP contribution in [0.2, 0.25) is 5.02 Å². The van der Waals surface area contributed by atoms with Gasteiger partial charge in [-0.25, -0.2) is 8.42 Å². The van der Waals surface area contributed by atoms with Gasteiger partial charge in [0.05, 0.1) is 4.90 Å². The molecule has 0 aliphatic heterocycles. The number of halogens is 1. The second-order valence-corrected chi connectivity index (χ2v) is 6.33. The number of hydrogen-bond acceptors (Lipinski definition) is 3. The SMILES string of the molecule is CCC[C@H](NS(=O)(=O)c1cc(Cl)ccc1C)C(=O)O. The molecule has 0 saturated heterocycles. The van der Waals surface area contributed by atoms with Gasteiger partial charge in [0.1, 0.15) is 6.04 Å². The summed E-state index contributed by atoms with van der Waals surface area (Å²) < 4.78 is 26.5. The average Bonchev–Trinajstić information content (AvgIpc) is 2.31. The molecule has 1 rings (SSSR count). The van der Waals surface area contributed by atoms with Gasteiger partial charge < -0.3 is 5.11 Å². The zero-order valence-electron chi connectivity index (χ0n) is 10.7. The zero-order valence-corrected chi connectivity index (χ0v) is 12.3. The summed E-state index contributed by atoms with van der Waals surface area (Å²) in [5.74, 6) is -1.19. The van der Waals surface area contributed by atoms with Crippen molar-refractivity contribution < 1.29 is 18.3 Å². The number of sulfonamides is 1. The Morgan fingerprint density at radius 3 is 2.63 bits per heavy atom. The lowest BCUT2D eigenvalue weighted by Crippen LogP contribution is -2.40. The van der Waals surface area contributed by atoms with Crippen LogP contribution in [0.5, 0.6) is 0 Å². The summed E-state index contributed by atoms with van der Waals surface area (Å²) in [6.45, 7) is 3.41. The van der Waals surface area contributed by atoms with Crippen molar-refractivity contribution in [3.8, 4) is 0 Å². The minimum atomic E-state index is -3.90. The molecular formula is C12H16ClNO4S. The molecule has 0 unspecified atom stereocenters. The highest BCUT2D eigenvalue weighted by Gasteiger charge is 2.25. The van der Waals surface area contributed by atoms with Gasteiger partial charge in [-0.05, 0) is 31.0 Å². The third kappa shape index (κ3) is 4.19. The van der Waals surface area contributed by atoms with Crippen molar-refractivity contribution in [3.63, 3.8) is 0 Å². The summed E-state index contributed by atoms with van der Waals surface area (Å²) in [5, 5.41) is 9.27. The second kappa shape index (κ2) is 6.36. The number of hydrogen-bond donors (Lipinski definition) is 2. The van der Waals surface area contributed by atoms with Crippen LogP contribution in [-0.4, -0.2) is 25.5 Å². The molecule has 106 valence electrons. The zero-order chi connectivity index (χ0) is 14.6. The Morgan fingerprint density at radius 1 is 1.47 bits per heavy atom. The minimum Gasteiger partial charge on any atom is -0.480 e. The first-order chi connectivity index (χ1) is 8.77. The van der Waals surface area contributed by atoms with E-state index in [9.17, 15) is 13.2 Å². The summed E-state index contributed by atoms with van der Waals surface area (Å²) in [7, 11) is -3.90. The highest BCUT2D eigenvalue weighted by Crippen LogP contribution is 2.20. The van der Waals surface area contributed by atoms with E-state index < -0.39 is 22.0 Å². The van der Waals surface area contributed by atoms with E-state index in [2.05, 4.69) is 4.72 Å². The lowest BCUT2D eigenvalue weighted by atomic mass is 10.2. The van der Waals surface area contributed by atoms with Gasteiger partial charge >= 0.3 is 5.97 Å². The number of rotatable bonds is 6. The van der Waals surface area contributed by atoms with Gasteiger partial charge in [0.25, 0.3) is 0 Å². The number of aryl methyl sites for hydroxylation is 1. The molecule has 0 saturated carbocycles. The molecule has 0 spiro atoms. The summed E-state index contributed by atoms with van der Waals surface area (Å²) in [6.07, 6.45) is 0.794. The van der Waals surface area contributed by atoms with Crippen molar-refractivity contribution in [2.24, 2.45) is 0 Å². The van der Waals surface area contributed by atoms with E-state index in [0.717, 1.165) is 0 Å². The van der Waals surface area contributed by atoms with Crippen molar-refractivity contribution in [2.75, 3.05) is 0 Å². The molecule has 0 aliphatic carbocycles. The van der Waals surface area contributed by atoms with Crippen LogP contribution in [0.15, 0.2) is 23.1 Å². The summed E-state index contributed by atoms with van der Waals surface area (Å²) >= 11 is 5.77. The Hall–Kier alpha value is -1.11. The van der Waals surface area contributed by atoms with Crippen LogP contribution in [0.25, 0.3) is 0 Å². The van der Waals surface area contributed by atoms with Gasteiger partial charge in [-0.3, -0.25) is 4.79 Å². The molecule has 0 aromatic heterocycles. The molecular weight excluding hydrogens is 290 g/mol. The van der Waals surface area contributed by atoms with Gasteiger partial charge in [0, 0.05) is 5.02 Å². The molecule has 0 radical (unpaired) electrons. The van der Waals surface area contributed by atoms with E-state index in [-0.39, 0.29) is 16.3 Å². The molecule has 0 fully saturated rings. The Morgan fingerprint density at radius 2 is 2.11 bits per heavy atom. The Balaban J connectivity index is 3.10.